The number of carbonyl (C=O) groups is 2. The first-order valence-corrected chi connectivity index (χ1v) is 13.1. The van der Waals surface area contributed by atoms with Crippen molar-refractivity contribution in [3.05, 3.63) is 89.2 Å². The molecule has 1 saturated heterocycles. The van der Waals surface area contributed by atoms with Crippen LogP contribution in [0.3, 0.4) is 0 Å². The van der Waals surface area contributed by atoms with Gasteiger partial charge in [0, 0.05) is 49.3 Å². The molecule has 0 radical (unpaired) electrons. The van der Waals surface area contributed by atoms with E-state index in [0.29, 0.717) is 10.7 Å². The van der Waals surface area contributed by atoms with Gasteiger partial charge in [0.05, 0.1) is 4.90 Å². The molecule has 0 aliphatic carbocycles. The standard InChI is InChI=1S/C25H26ClN5O4S/c1-18-4-8-21(9-5-18)29-25(33)30-13-14-31(36(34,35)22-10-6-20(26)7-11-22)23(17-30)24(32)28-16-19-3-2-12-27-15-19/h2-12,15,23H,13-14,16-17H2,1H3,(H,28,32)(H,29,33). The van der Waals surface area contributed by atoms with Gasteiger partial charge in [-0.15, -0.1) is 0 Å². The number of amides is 3. The SMILES string of the molecule is Cc1ccc(NC(=O)N2CCN(S(=O)(=O)c3ccc(Cl)cc3)C(C(=O)NCc3cccnc3)C2)cc1. The molecular weight excluding hydrogens is 502 g/mol. The fraction of sp³-hybridized carbons (Fsp3) is 0.240. The Morgan fingerprint density at radius 1 is 1.06 bits per heavy atom. The highest BCUT2D eigenvalue weighted by Crippen LogP contribution is 2.24. The highest BCUT2D eigenvalue weighted by atomic mass is 35.5. The van der Waals surface area contributed by atoms with Gasteiger partial charge in [0.15, 0.2) is 0 Å². The molecule has 2 aromatic carbocycles. The number of carbonyl (C=O) groups excluding carboxylic acids is 2. The number of aromatic nitrogens is 1. The zero-order valence-corrected chi connectivity index (χ0v) is 21.2. The third kappa shape index (κ3) is 6.01. The second kappa shape index (κ2) is 11.1. The van der Waals surface area contributed by atoms with Crippen LogP contribution in [-0.2, 0) is 21.4 Å². The van der Waals surface area contributed by atoms with E-state index in [-0.39, 0.29) is 31.1 Å². The average Bonchev–Trinajstić information content (AvgIpc) is 2.89. The van der Waals surface area contributed by atoms with Gasteiger partial charge >= 0.3 is 6.03 Å². The third-order valence-electron chi connectivity index (χ3n) is 5.83. The molecule has 0 spiro atoms. The Labute approximate surface area is 215 Å². The number of nitrogens with zero attached hydrogens (tertiary/aromatic N) is 3. The zero-order chi connectivity index (χ0) is 25.7. The summed E-state index contributed by atoms with van der Waals surface area (Å²) in [5.74, 6) is -0.510. The molecule has 3 aromatic rings. The molecule has 2 heterocycles. The van der Waals surface area contributed by atoms with Crippen molar-refractivity contribution in [2.24, 2.45) is 0 Å². The molecule has 188 valence electrons. The van der Waals surface area contributed by atoms with Crippen LogP contribution in [0.5, 0.6) is 0 Å². The number of hydrogen-bond donors (Lipinski definition) is 2. The van der Waals surface area contributed by atoms with Crippen LogP contribution in [0, 0.1) is 6.92 Å². The zero-order valence-electron chi connectivity index (χ0n) is 19.6. The Bertz CT molecular complexity index is 1320. The number of piperazine rings is 1. The fourth-order valence-corrected chi connectivity index (χ4v) is 5.54. The van der Waals surface area contributed by atoms with Crippen molar-refractivity contribution >= 4 is 39.2 Å². The molecule has 1 aromatic heterocycles. The van der Waals surface area contributed by atoms with Gasteiger partial charge in [-0.25, -0.2) is 13.2 Å². The summed E-state index contributed by atoms with van der Waals surface area (Å²) in [7, 11) is -4.03. The predicted molar refractivity (Wildman–Crippen MR) is 137 cm³/mol. The van der Waals surface area contributed by atoms with Crippen molar-refractivity contribution in [3.63, 3.8) is 0 Å². The first kappa shape index (κ1) is 25.6. The Balaban J connectivity index is 1.55. The number of sulfonamides is 1. The maximum atomic E-state index is 13.5. The van der Waals surface area contributed by atoms with E-state index in [0.717, 1.165) is 15.4 Å². The number of anilines is 1. The lowest BCUT2D eigenvalue weighted by Gasteiger charge is -2.39. The molecule has 3 amide bonds. The predicted octanol–water partition coefficient (Wildman–Crippen LogP) is 3.27. The molecule has 1 fully saturated rings. The average molecular weight is 528 g/mol. The van der Waals surface area contributed by atoms with Gasteiger partial charge in [0.1, 0.15) is 6.04 Å². The largest absolute Gasteiger partial charge is 0.351 e. The van der Waals surface area contributed by atoms with Crippen LogP contribution in [0.2, 0.25) is 5.02 Å². The lowest BCUT2D eigenvalue weighted by atomic mass is 10.2. The summed E-state index contributed by atoms with van der Waals surface area (Å²) in [6.45, 7) is 2.09. The van der Waals surface area contributed by atoms with E-state index in [1.165, 1.54) is 29.2 Å². The molecule has 1 aliphatic rings. The number of halogens is 1. The van der Waals surface area contributed by atoms with Gasteiger partial charge in [-0.1, -0.05) is 35.4 Å². The van der Waals surface area contributed by atoms with Crippen LogP contribution in [-0.4, -0.2) is 60.2 Å². The van der Waals surface area contributed by atoms with Gasteiger partial charge in [-0.3, -0.25) is 9.78 Å². The summed E-state index contributed by atoms with van der Waals surface area (Å²) in [5.41, 5.74) is 2.43. The normalized spacial score (nSPS) is 16.4. The monoisotopic (exact) mass is 527 g/mol. The first-order valence-electron chi connectivity index (χ1n) is 11.3. The molecule has 1 atom stereocenters. The molecule has 2 N–H and O–H groups in total. The second-order valence-corrected chi connectivity index (χ2v) is 10.7. The van der Waals surface area contributed by atoms with Crippen LogP contribution in [0.25, 0.3) is 0 Å². The molecule has 11 heteroatoms. The fourth-order valence-electron chi connectivity index (χ4n) is 3.84. The second-order valence-electron chi connectivity index (χ2n) is 8.41. The van der Waals surface area contributed by atoms with Gasteiger partial charge in [-0.05, 0) is 55.0 Å². The van der Waals surface area contributed by atoms with E-state index >= 15 is 0 Å². The molecular formula is C25H26ClN5O4S. The van der Waals surface area contributed by atoms with Gasteiger partial charge < -0.3 is 15.5 Å². The molecule has 36 heavy (non-hydrogen) atoms. The summed E-state index contributed by atoms with van der Waals surface area (Å²) in [5, 5.41) is 5.99. The van der Waals surface area contributed by atoms with E-state index in [2.05, 4.69) is 15.6 Å². The maximum Gasteiger partial charge on any atom is 0.321 e. The van der Waals surface area contributed by atoms with Gasteiger partial charge in [-0.2, -0.15) is 4.31 Å². The molecule has 1 aliphatic heterocycles. The summed E-state index contributed by atoms with van der Waals surface area (Å²) in [6.07, 6.45) is 3.24. The topological polar surface area (TPSA) is 112 Å². The van der Waals surface area contributed by atoms with E-state index in [1.54, 1.807) is 36.7 Å². The number of hydrogen-bond acceptors (Lipinski definition) is 5. The summed E-state index contributed by atoms with van der Waals surface area (Å²) in [6, 6.07) is 15.1. The van der Waals surface area contributed by atoms with Crippen LogP contribution in [0.15, 0.2) is 78.0 Å². The molecule has 4 rings (SSSR count). The van der Waals surface area contributed by atoms with Crippen molar-refractivity contribution in [1.29, 1.82) is 0 Å². The Morgan fingerprint density at radius 3 is 2.44 bits per heavy atom. The van der Waals surface area contributed by atoms with Crippen LogP contribution >= 0.6 is 11.6 Å². The Hall–Kier alpha value is -3.47. The number of rotatable bonds is 6. The summed E-state index contributed by atoms with van der Waals surface area (Å²) >= 11 is 5.93. The quantitative estimate of drug-likeness (QED) is 0.511. The van der Waals surface area contributed by atoms with Crippen molar-refractivity contribution in [3.8, 4) is 0 Å². The number of pyridine rings is 1. The summed E-state index contributed by atoms with van der Waals surface area (Å²) < 4.78 is 28.1. The van der Waals surface area contributed by atoms with E-state index in [4.69, 9.17) is 11.6 Å². The Morgan fingerprint density at radius 2 is 1.78 bits per heavy atom. The lowest BCUT2D eigenvalue weighted by Crippen LogP contribution is -2.61. The van der Waals surface area contributed by atoms with Crippen molar-refractivity contribution in [1.82, 2.24) is 19.5 Å². The minimum atomic E-state index is -4.03. The molecule has 1 unspecified atom stereocenters. The van der Waals surface area contributed by atoms with E-state index < -0.39 is 28.0 Å². The van der Waals surface area contributed by atoms with Crippen molar-refractivity contribution < 1.29 is 18.0 Å². The highest BCUT2D eigenvalue weighted by Gasteiger charge is 2.41. The number of benzene rings is 2. The third-order valence-corrected chi connectivity index (χ3v) is 8.01. The van der Waals surface area contributed by atoms with Crippen molar-refractivity contribution in [2.45, 2.75) is 24.4 Å². The van der Waals surface area contributed by atoms with Crippen LogP contribution in [0.4, 0.5) is 10.5 Å². The minimum Gasteiger partial charge on any atom is -0.351 e. The number of nitrogens with one attached hydrogen (secondary N) is 2. The first-order chi connectivity index (χ1) is 17.2. The van der Waals surface area contributed by atoms with Crippen LogP contribution in [0.1, 0.15) is 11.1 Å². The number of aryl methyl sites for hydroxylation is 1. The van der Waals surface area contributed by atoms with Gasteiger partial charge in [0.2, 0.25) is 15.9 Å². The molecule has 9 nitrogen and oxygen atoms in total. The van der Waals surface area contributed by atoms with Crippen molar-refractivity contribution in [2.75, 3.05) is 25.0 Å². The lowest BCUT2D eigenvalue weighted by molar-refractivity contribution is -0.126. The van der Waals surface area contributed by atoms with Crippen LogP contribution < -0.4 is 10.6 Å². The minimum absolute atomic E-state index is 0.0227. The maximum absolute atomic E-state index is 13.5. The number of urea groups is 1. The highest BCUT2D eigenvalue weighted by molar-refractivity contribution is 7.89. The molecule has 0 bridgehead atoms. The Kier molecular flexibility index (Phi) is 7.88. The smallest absolute Gasteiger partial charge is 0.321 e. The van der Waals surface area contributed by atoms with E-state index in [9.17, 15) is 18.0 Å². The van der Waals surface area contributed by atoms with Gasteiger partial charge in [0.25, 0.3) is 0 Å². The van der Waals surface area contributed by atoms with E-state index in [1.807, 2.05) is 19.1 Å². The molecule has 0 saturated carbocycles. The summed E-state index contributed by atoms with van der Waals surface area (Å²) in [4.78, 5) is 31.7.